The summed E-state index contributed by atoms with van der Waals surface area (Å²) in [6.07, 6.45) is 0. The molecule has 0 bridgehead atoms. The van der Waals surface area contributed by atoms with Gasteiger partial charge in [-0.2, -0.15) is 0 Å². The van der Waals surface area contributed by atoms with Crippen molar-refractivity contribution in [2.24, 2.45) is 5.92 Å². The molecule has 0 aliphatic carbocycles. The third kappa shape index (κ3) is 2.13. The molecular formula is C15H18O5. The number of phenols is 1. The van der Waals surface area contributed by atoms with E-state index in [0.717, 1.165) is 5.56 Å². The van der Waals surface area contributed by atoms with Crippen LogP contribution in [0.15, 0.2) is 12.1 Å². The number of fused-ring (bicyclic) bond motifs is 1. The normalized spacial score (nSPS) is 20.0. The van der Waals surface area contributed by atoms with Gasteiger partial charge in [0.15, 0.2) is 5.92 Å². The first-order valence-corrected chi connectivity index (χ1v) is 6.51. The number of carbonyl (C=O) groups is 2. The molecule has 0 saturated heterocycles. The highest BCUT2D eigenvalue weighted by atomic mass is 16.6. The zero-order chi connectivity index (χ0) is 15.1. The number of carbonyl (C=O) groups excluding carboxylic acids is 2. The van der Waals surface area contributed by atoms with E-state index >= 15 is 0 Å². The lowest BCUT2D eigenvalue weighted by atomic mass is 9.71. The smallest absolute Gasteiger partial charge is 0.326 e. The van der Waals surface area contributed by atoms with E-state index in [4.69, 9.17) is 9.47 Å². The molecule has 1 aliphatic rings. The molecule has 0 fully saturated rings. The highest BCUT2D eigenvalue weighted by molar-refractivity contribution is 5.99. The molecule has 20 heavy (non-hydrogen) atoms. The second-order valence-corrected chi connectivity index (χ2v) is 5.49. The van der Waals surface area contributed by atoms with Crippen molar-refractivity contribution in [2.45, 2.75) is 33.1 Å². The summed E-state index contributed by atoms with van der Waals surface area (Å²) in [6.45, 7) is 7.10. The van der Waals surface area contributed by atoms with Gasteiger partial charge in [0.25, 0.3) is 0 Å². The Labute approximate surface area is 117 Å². The van der Waals surface area contributed by atoms with Gasteiger partial charge < -0.3 is 14.6 Å². The number of esters is 2. The number of aryl methyl sites for hydroxylation is 1. The largest absolute Gasteiger partial charge is 0.507 e. The van der Waals surface area contributed by atoms with Gasteiger partial charge in [-0.3, -0.25) is 9.59 Å². The predicted octanol–water partition coefficient (Wildman–Crippen LogP) is 2.08. The molecule has 108 valence electrons. The van der Waals surface area contributed by atoms with Crippen molar-refractivity contribution in [1.82, 2.24) is 0 Å². The van der Waals surface area contributed by atoms with Crippen molar-refractivity contribution < 1.29 is 24.2 Å². The molecular weight excluding hydrogens is 260 g/mol. The highest BCUT2D eigenvalue weighted by Gasteiger charge is 2.50. The van der Waals surface area contributed by atoms with Crippen LogP contribution in [-0.2, 0) is 19.7 Å². The van der Waals surface area contributed by atoms with Gasteiger partial charge in [-0.05, 0) is 31.5 Å². The molecule has 5 heteroatoms. The molecule has 0 aromatic heterocycles. The first-order valence-electron chi connectivity index (χ1n) is 6.51. The van der Waals surface area contributed by atoms with E-state index < -0.39 is 23.3 Å². The number of phenolic OH excluding ortho intramolecular Hbond substituents is 1. The minimum Gasteiger partial charge on any atom is -0.507 e. The fraction of sp³-hybridized carbons (Fsp3) is 0.467. The Morgan fingerprint density at radius 2 is 2.10 bits per heavy atom. The van der Waals surface area contributed by atoms with Crippen molar-refractivity contribution in [1.29, 1.82) is 0 Å². The summed E-state index contributed by atoms with van der Waals surface area (Å²) < 4.78 is 10.2. The van der Waals surface area contributed by atoms with Gasteiger partial charge in [0.1, 0.15) is 11.5 Å². The minimum atomic E-state index is -1.08. The van der Waals surface area contributed by atoms with Gasteiger partial charge in [0, 0.05) is 11.0 Å². The quantitative estimate of drug-likeness (QED) is 0.509. The number of hydrogen-bond donors (Lipinski definition) is 1. The highest BCUT2D eigenvalue weighted by Crippen LogP contribution is 2.47. The molecule has 1 aliphatic heterocycles. The van der Waals surface area contributed by atoms with Crippen molar-refractivity contribution >= 4 is 11.9 Å². The number of benzene rings is 1. The lowest BCUT2D eigenvalue weighted by Gasteiger charge is -2.37. The first kappa shape index (κ1) is 14.4. The van der Waals surface area contributed by atoms with Crippen LogP contribution in [0.3, 0.4) is 0 Å². The first-order chi connectivity index (χ1) is 9.28. The van der Waals surface area contributed by atoms with Gasteiger partial charge in [-0.1, -0.05) is 13.8 Å². The van der Waals surface area contributed by atoms with Gasteiger partial charge in [0.2, 0.25) is 0 Å². The van der Waals surface area contributed by atoms with E-state index in [1.807, 2.05) is 0 Å². The molecule has 1 heterocycles. The van der Waals surface area contributed by atoms with Crippen molar-refractivity contribution in [3.8, 4) is 11.5 Å². The summed E-state index contributed by atoms with van der Waals surface area (Å²) in [5.41, 5.74) is 0.342. The van der Waals surface area contributed by atoms with Crippen LogP contribution in [0.5, 0.6) is 11.5 Å². The van der Waals surface area contributed by atoms with E-state index in [1.165, 1.54) is 0 Å². The molecule has 1 aromatic carbocycles. The summed E-state index contributed by atoms with van der Waals surface area (Å²) in [7, 11) is 0. The Kier molecular flexibility index (Phi) is 3.46. The zero-order valence-corrected chi connectivity index (χ0v) is 12.0. The zero-order valence-electron chi connectivity index (χ0n) is 12.0. The van der Waals surface area contributed by atoms with E-state index in [2.05, 4.69) is 0 Å². The van der Waals surface area contributed by atoms with Crippen LogP contribution in [0.4, 0.5) is 0 Å². The van der Waals surface area contributed by atoms with Crippen LogP contribution < -0.4 is 4.74 Å². The molecule has 0 amide bonds. The Hall–Kier alpha value is -2.04. The Morgan fingerprint density at radius 3 is 2.70 bits per heavy atom. The Balaban J connectivity index is 2.57. The van der Waals surface area contributed by atoms with E-state index in [0.29, 0.717) is 11.3 Å². The Morgan fingerprint density at radius 1 is 1.45 bits per heavy atom. The third-order valence-electron chi connectivity index (χ3n) is 3.56. The summed E-state index contributed by atoms with van der Waals surface area (Å²) in [4.78, 5) is 24.1. The number of rotatable bonds is 2. The maximum absolute atomic E-state index is 12.1. The number of hydrogen-bond acceptors (Lipinski definition) is 5. The lowest BCUT2D eigenvalue weighted by molar-refractivity contribution is -0.161. The second-order valence-electron chi connectivity index (χ2n) is 5.49. The lowest BCUT2D eigenvalue weighted by Crippen LogP contribution is -2.47. The molecule has 1 unspecified atom stereocenters. The summed E-state index contributed by atoms with van der Waals surface area (Å²) in [5, 5.41) is 10.1. The van der Waals surface area contributed by atoms with Crippen LogP contribution in [0.1, 0.15) is 31.9 Å². The number of aromatic hydroxyl groups is 1. The van der Waals surface area contributed by atoms with Gasteiger partial charge in [0.05, 0.1) is 6.61 Å². The average molecular weight is 278 g/mol. The van der Waals surface area contributed by atoms with Crippen LogP contribution in [0.25, 0.3) is 0 Å². The van der Waals surface area contributed by atoms with E-state index in [1.54, 1.807) is 39.8 Å². The topological polar surface area (TPSA) is 72.8 Å². The molecule has 1 aromatic rings. The fourth-order valence-electron chi connectivity index (χ4n) is 2.69. The van der Waals surface area contributed by atoms with Gasteiger partial charge >= 0.3 is 11.9 Å². The molecule has 2 rings (SSSR count). The van der Waals surface area contributed by atoms with Crippen molar-refractivity contribution in [3.63, 3.8) is 0 Å². The van der Waals surface area contributed by atoms with Gasteiger partial charge in [-0.25, -0.2) is 0 Å². The number of ether oxygens (including phenoxy) is 2. The molecule has 0 saturated carbocycles. The second kappa shape index (κ2) is 4.81. The predicted molar refractivity (Wildman–Crippen MR) is 71.6 cm³/mol. The van der Waals surface area contributed by atoms with Crippen molar-refractivity contribution in [3.05, 3.63) is 23.3 Å². The maximum atomic E-state index is 12.1. The summed E-state index contributed by atoms with van der Waals surface area (Å²) in [6, 6.07) is 3.26. The monoisotopic (exact) mass is 278 g/mol. The molecule has 0 radical (unpaired) electrons. The summed E-state index contributed by atoms with van der Waals surface area (Å²) >= 11 is 0. The summed E-state index contributed by atoms with van der Waals surface area (Å²) in [5.74, 6) is -2.03. The van der Waals surface area contributed by atoms with Gasteiger partial charge in [-0.15, -0.1) is 0 Å². The molecule has 0 spiro atoms. The maximum Gasteiger partial charge on any atom is 0.326 e. The average Bonchev–Trinajstić information content (AvgIpc) is 2.25. The SMILES string of the molecule is CCOC(=O)C1C(=O)Oc2cc(C)cc(O)c2C1(C)C. The fourth-order valence-corrected chi connectivity index (χ4v) is 2.69. The van der Waals surface area contributed by atoms with Crippen molar-refractivity contribution in [2.75, 3.05) is 6.61 Å². The van der Waals surface area contributed by atoms with E-state index in [9.17, 15) is 14.7 Å². The molecule has 5 nitrogen and oxygen atoms in total. The van der Waals surface area contributed by atoms with Crippen LogP contribution in [0.2, 0.25) is 0 Å². The minimum absolute atomic E-state index is 0.0202. The standard InChI is InChI=1S/C15H18O5/c1-5-19-13(17)12-14(18)20-10-7-8(2)6-9(16)11(10)15(12,3)4/h6-7,12,16H,5H2,1-4H3. The van der Waals surface area contributed by atoms with Crippen LogP contribution in [-0.4, -0.2) is 23.7 Å². The van der Waals surface area contributed by atoms with Crippen LogP contribution in [0, 0.1) is 12.8 Å². The molecule has 1 atom stereocenters. The van der Waals surface area contributed by atoms with E-state index in [-0.39, 0.29) is 12.4 Å². The van der Waals surface area contributed by atoms with Crippen LogP contribution >= 0.6 is 0 Å². The third-order valence-corrected chi connectivity index (χ3v) is 3.56. The molecule has 1 N–H and O–H groups in total. The Bertz CT molecular complexity index is 574.